The van der Waals surface area contributed by atoms with Crippen LogP contribution < -0.4 is 5.32 Å². The zero-order chi connectivity index (χ0) is 11.8. The highest BCUT2D eigenvalue weighted by Gasteiger charge is 2.34. The molecule has 1 aromatic rings. The Morgan fingerprint density at radius 2 is 2.29 bits per heavy atom. The van der Waals surface area contributed by atoms with Gasteiger partial charge >= 0.3 is 0 Å². The van der Waals surface area contributed by atoms with Crippen LogP contribution in [0.3, 0.4) is 0 Å². The first-order chi connectivity index (χ1) is 8.22. The molecule has 0 bridgehead atoms. The van der Waals surface area contributed by atoms with Crippen molar-refractivity contribution in [2.24, 2.45) is 5.92 Å². The zero-order valence-electron chi connectivity index (χ0n) is 9.59. The lowest BCUT2D eigenvalue weighted by molar-refractivity contribution is 0.315. The maximum atomic E-state index is 3.66. The minimum Gasteiger partial charge on any atom is -0.312 e. The van der Waals surface area contributed by atoms with Crippen molar-refractivity contribution in [2.45, 2.75) is 25.4 Å². The number of fused-ring (bicyclic) bond motifs is 1. The van der Waals surface area contributed by atoms with Gasteiger partial charge in [-0.05, 0) is 63.2 Å². The van der Waals surface area contributed by atoms with E-state index < -0.39 is 0 Å². The van der Waals surface area contributed by atoms with Crippen molar-refractivity contribution < 1.29 is 0 Å². The predicted molar refractivity (Wildman–Crippen MR) is 79.5 cm³/mol. The van der Waals surface area contributed by atoms with E-state index in [0.29, 0.717) is 0 Å². The molecule has 2 aliphatic heterocycles. The zero-order valence-corrected chi connectivity index (χ0v) is 13.6. The van der Waals surface area contributed by atoms with Crippen LogP contribution in [0, 0.1) is 5.92 Å². The largest absolute Gasteiger partial charge is 0.312 e. The van der Waals surface area contributed by atoms with Crippen molar-refractivity contribution in [1.29, 1.82) is 0 Å². The summed E-state index contributed by atoms with van der Waals surface area (Å²) >= 11 is 8.97. The van der Waals surface area contributed by atoms with Gasteiger partial charge in [0.05, 0.1) is 3.79 Å². The van der Waals surface area contributed by atoms with Crippen LogP contribution in [0.2, 0.25) is 0 Å². The molecule has 2 unspecified atom stereocenters. The minimum absolute atomic E-state index is 0.746. The van der Waals surface area contributed by atoms with Crippen LogP contribution in [0.1, 0.15) is 17.7 Å². The van der Waals surface area contributed by atoms with Gasteiger partial charge in [-0.1, -0.05) is 0 Å². The quantitative estimate of drug-likeness (QED) is 0.846. The summed E-state index contributed by atoms with van der Waals surface area (Å²) in [6, 6.07) is 2.99. The molecule has 1 aromatic heterocycles. The van der Waals surface area contributed by atoms with E-state index in [2.05, 4.69) is 48.1 Å². The summed E-state index contributed by atoms with van der Waals surface area (Å²) in [5, 5.41) is 3.66. The van der Waals surface area contributed by atoms with E-state index in [1.807, 2.05) is 11.3 Å². The van der Waals surface area contributed by atoms with Crippen molar-refractivity contribution in [3.63, 3.8) is 0 Å². The Labute approximate surface area is 123 Å². The van der Waals surface area contributed by atoms with Crippen LogP contribution >= 0.6 is 43.2 Å². The van der Waals surface area contributed by atoms with Gasteiger partial charge in [0.15, 0.2) is 0 Å². The predicted octanol–water partition coefficient (Wildman–Crippen LogP) is 3.46. The van der Waals surface area contributed by atoms with Gasteiger partial charge in [-0.3, -0.25) is 4.90 Å². The van der Waals surface area contributed by atoms with E-state index in [1.54, 1.807) is 0 Å². The number of nitrogens with zero attached hydrogens (tertiary/aromatic N) is 1. The second kappa shape index (κ2) is 5.29. The van der Waals surface area contributed by atoms with E-state index >= 15 is 0 Å². The molecule has 2 saturated heterocycles. The smallest absolute Gasteiger partial charge is 0.0843 e. The van der Waals surface area contributed by atoms with Gasteiger partial charge in [-0.25, -0.2) is 0 Å². The number of thiophene rings is 1. The van der Waals surface area contributed by atoms with Crippen molar-refractivity contribution in [1.82, 2.24) is 10.2 Å². The fourth-order valence-corrected chi connectivity index (χ4v) is 5.17. The topological polar surface area (TPSA) is 15.3 Å². The number of halogens is 2. The van der Waals surface area contributed by atoms with Gasteiger partial charge in [-0.2, -0.15) is 0 Å². The average molecular weight is 380 g/mol. The Kier molecular flexibility index (Phi) is 3.92. The maximum absolute atomic E-state index is 3.66. The highest BCUT2D eigenvalue weighted by Crippen LogP contribution is 2.34. The number of nitrogens with one attached hydrogen (secondary N) is 1. The molecule has 0 aliphatic carbocycles. The summed E-state index contributed by atoms with van der Waals surface area (Å²) in [6.45, 7) is 4.80. The van der Waals surface area contributed by atoms with Crippen molar-refractivity contribution >= 4 is 43.2 Å². The molecule has 3 heterocycles. The van der Waals surface area contributed by atoms with Crippen LogP contribution in [0.5, 0.6) is 0 Å². The lowest BCUT2D eigenvalue weighted by Crippen LogP contribution is -2.40. The van der Waals surface area contributed by atoms with Crippen molar-refractivity contribution in [3.8, 4) is 0 Å². The maximum Gasteiger partial charge on any atom is 0.0843 e. The first-order valence-electron chi connectivity index (χ1n) is 6.12. The third-order valence-corrected chi connectivity index (χ3v) is 6.99. The Balaban J connectivity index is 1.63. The van der Waals surface area contributed by atoms with Gasteiger partial charge in [0.1, 0.15) is 0 Å². The highest BCUT2D eigenvalue weighted by atomic mass is 79.9. The van der Waals surface area contributed by atoms with E-state index in [9.17, 15) is 0 Å². The molecule has 94 valence electrons. The molecule has 2 fully saturated rings. The first kappa shape index (κ1) is 12.6. The molecule has 0 spiro atoms. The van der Waals surface area contributed by atoms with Crippen LogP contribution in [0.4, 0.5) is 0 Å². The molecule has 2 atom stereocenters. The standard InChI is InChI=1S/C12H16Br2N2S/c13-10-4-9(17-12(10)14)6-16-5-8-2-1-3-15-11(8)7-16/h4,8,11,15H,1-3,5-7H2. The van der Waals surface area contributed by atoms with Gasteiger partial charge in [0.2, 0.25) is 0 Å². The van der Waals surface area contributed by atoms with Crippen LogP contribution in [-0.2, 0) is 6.54 Å². The first-order valence-corrected chi connectivity index (χ1v) is 8.52. The lowest BCUT2D eigenvalue weighted by Gasteiger charge is -2.24. The molecule has 0 radical (unpaired) electrons. The molecular weight excluding hydrogens is 364 g/mol. The van der Waals surface area contributed by atoms with Gasteiger partial charge in [-0.15, -0.1) is 11.3 Å². The summed E-state index contributed by atoms with van der Waals surface area (Å²) in [5.74, 6) is 0.885. The number of hydrogen-bond acceptors (Lipinski definition) is 3. The SMILES string of the molecule is Brc1cc(CN2CC3CCCNC3C2)sc1Br. The Morgan fingerprint density at radius 3 is 3.00 bits per heavy atom. The Bertz CT molecular complexity index is 374. The van der Waals surface area contributed by atoms with E-state index in [0.717, 1.165) is 18.5 Å². The van der Waals surface area contributed by atoms with Crippen molar-refractivity contribution in [2.75, 3.05) is 19.6 Å². The second-order valence-corrected chi connectivity index (χ2v) is 8.30. The molecule has 3 rings (SSSR count). The van der Waals surface area contributed by atoms with Crippen LogP contribution in [0.15, 0.2) is 14.3 Å². The minimum atomic E-state index is 0.746. The number of hydrogen-bond donors (Lipinski definition) is 1. The molecule has 0 aromatic carbocycles. The molecule has 2 nitrogen and oxygen atoms in total. The average Bonchev–Trinajstić information content (AvgIpc) is 2.83. The molecule has 2 aliphatic rings. The van der Waals surface area contributed by atoms with Gasteiger partial charge in [0, 0.05) is 35.0 Å². The molecule has 5 heteroatoms. The van der Waals surface area contributed by atoms with Crippen molar-refractivity contribution in [3.05, 3.63) is 19.2 Å². The van der Waals surface area contributed by atoms with Gasteiger partial charge in [0.25, 0.3) is 0 Å². The number of rotatable bonds is 2. The van der Waals surface area contributed by atoms with Crippen LogP contribution in [0.25, 0.3) is 0 Å². The summed E-state index contributed by atoms with van der Waals surface area (Å²) in [6.07, 6.45) is 2.76. The summed E-state index contributed by atoms with van der Waals surface area (Å²) in [7, 11) is 0. The molecule has 17 heavy (non-hydrogen) atoms. The molecule has 1 N–H and O–H groups in total. The number of piperidine rings is 1. The van der Waals surface area contributed by atoms with Gasteiger partial charge < -0.3 is 5.32 Å². The molecule has 0 saturated carbocycles. The highest BCUT2D eigenvalue weighted by molar-refractivity contribution is 9.13. The second-order valence-electron chi connectivity index (χ2n) is 4.99. The van der Waals surface area contributed by atoms with E-state index in [1.165, 1.54) is 45.6 Å². The molecular formula is C12H16Br2N2S. The number of likely N-dealkylation sites (tertiary alicyclic amines) is 1. The molecule has 0 amide bonds. The van der Waals surface area contributed by atoms with E-state index in [4.69, 9.17) is 0 Å². The monoisotopic (exact) mass is 378 g/mol. The third-order valence-electron chi connectivity index (χ3n) is 3.75. The van der Waals surface area contributed by atoms with E-state index in [-0.39, 0.29) is 0 Å². The fraction of sp³-hybridized carbons (Fsp3) is 0.667. The fourth-order valence-electron chi connectivity index (χ4n) is 2.95. The lowest BCUT2D eigenvalue weighted by atomic mass is 9.94. The normalized spacial score (nSPS) is 29.5. The summed E-state index contributed by atoms with van der Waals surface area (Å²) in [4.78, 5) is 4.04. The summed E-state index contributed by atoms with van der Waals surface area (Å²) in [5.41, 5.74) is 0. The Hall–Kier alpha value is 0.580. The van der Waals surface area contributed by atoms with Crippen LogP contribution in [-0.4, -0.2) is 30.6 Å². The Morgan fingerprint density at radius 1 is 1.41 bits per heavy atom. The summed E-state index contributed by atoms with van der Waals surface area (Å²) < 4.78 is 2.40. The third kappa shape index (κ3) is 2.78.